The van der Waals surface area contributed by atoms with Crippen molar-refractivity contribution in [2.24, 2.45) is 0 Å². The van der Waals surface area contributed by atoms with Gasteiger partial charge in [0.05, 0.1) is 6.61 Å². The van der Waals surface area contributed by atoms with Crippen molar-refractivity contribution in [3.8, 4) is 0 Å². The molecule has 3 aromatic rings. The van der Waals surface area contributed by atoms with Crippen molar-refractivity contribution < 1.29 is 41.6 Å². The normalized spacial score (nSPS) is 30.2. The van der Waals surface area contributed by atoms with Gasteiger partial charge in [-0.25, -0.2) is 8.51 Å². The molecular formula is C36H47NO9S. The second kappa shape index (κ2) is 15.3. The van der Waals surface area contributed by atoms with E-state index in [1.54, 1.807) is 18.2 Å². The molecule has 47 heavy (non-hydrogen) atoms. The van der Waals surface area contributed by atoms with Crippen LogP contribution in [0.2, 0.25) is 0 Å². The highest BCUT2D eigenvalue weighted by Gasteiger charge is 2.63. The van der Waals surface area contributed by atoms with Gasteiger partial charge in [0, 0.05) is 34.4 Å². The van der Waals surface area contributed by atoms with Gasteiger partial charge in [0.15, 0.2) is 12.4 Å². The monoisotopic (exact) mass is 669 g/mol. The van der Waals surface area contributed by atoms with E-state index in [2.05, 4.69) is 36.4 Å². The molecule has 2 heterocycles. The Kier molecular flexibility index (Phi) is 11.7. The van der Waals surface area contributed by atoms with Crippen LogP contribution in [0.5, 0.6) is 0 Å². The quantitative estimate of drug-likeness (QED) is 0.215. The molecule has 0 saturated carbocycles. The summed E-state index contributed by atoms with van der Waals surface area (Å²) < 4.78 is 65.9. The Bertz CT molecular complexity index is 1330. The molecule has 0 bridgehead atoms. The number of hydrogen-bond donors (Lipinski definition) is 0. The molecule has 0 radical (unpaired) electrons. The number of ether oxygens (including phenoxy) is 7. The number of nitrogens with zero attached hydrogens (tertiary/aromatic N) is 1. The smallest absolute Gasteiger partial charge is 0.237 e. The lowest BCUT2D eigenvalue weighted by Crippen LogP contribution is -2.73. The molecule has 10 nitrogen and oxygen atoms in total. The first-order chi connectivity index (χ1) is 22.7. The fourth-order valence-corrected chi connectivity index (χ4v) is 7.28. The van der Waals surface area contributed by atoms with Gasteiger partial charge in [0.25, 0.3) is 0 Å². The summed E-state index contributed by atoms with van der Waals surface area (Å²) in [6.45, 7) is 8.41. The molecule has 0 N–H and O–H groups in total. The highest BCUT2D eigenvalue weighted by Crippen LogP contribution is 2.46. The Morgan fingerprint density at radius 1 is 0.745 bits per heavy atom. The average Bonchev–Trinajstić information content (AvgIpc) is 3.11. The number of benzene rings is 3. The molecule has 5 rings (SSSR count). The fourth-order valence-electron chi connectivity index (χ4n) is 6.35. The molecule has 1 unspecified atom stereocenters. The third-order valence-corrected chi connectivity index (χ3v) is 10.6. The van der Waals surface area contributed by atoms with Gasteiger partial charge < -0.3 is 33.2 Å². The molecule has 2 fully saturated rings. The predicted molar refractivity (Wildman–Crippen MR) is 177 cm³/mol. The molecule has 2 saturated heterocycles. The maximum Gasteiger partial charge on any atom is 0.237 e. The maximum atomic E-state index is 13.4. The van der Waals surface area contributed by atoms with Crippen molar-refractivity contribution >= 4 is 11.3 Å². The average molecular weight is 670 g/mol. The van der Waals surface area contributed by atoms with Crippen LogP contribution in [0, 0.1) is 0 Å². The van der Waals surface area contributed by atoms with Crippen LogP contribution in [0.25, 0.3) is 0 Å². The molecule has 3 aromatic carbocycles. The molecule has 0 spiro atoms. The third-order valence-electron chi connectivity index (χ3n) is 9.26. The van der Waals surface area contributed by atoms with Crippen molar-refractivity contribution in [1.29, 1.82) is 0 Å². The highest BCUT2D eigenvalue weighted by molar-refractivity contribution is 7.77. The molecule has 0 aliphatic carbocycles. The standard InChI is InChI=1S/C36H47NO9S/c1-8-37(9-2)47(38)46-32-31-30(44-34(3,40-6)35(4,41-7)45-31)29(43-33(32)39-5)25-42-36(26-19-13-10-14-20-26,27-21-15-11-16-22-27)28-23-17-12-18-24-28/h10-24,29-33H,8-9,25H2,1-7H3/t29-,30-,31+,32-,33+,34+,35+,47?/m1/s1. The van der Waals surface area contributed by atoms with Crippen molar-refractivity contribution in [1.82, 2.24) is 4.31 Å². The first kappa shape index (κ1) is 35.7. The van der Waals surface area contributed by atoms with Crippen LogP contribution < -0.4 is 0 Å². The molecule has 2 aliphatic rings. The van der Waals surface area contributed by atoms with Gasteiger partial charge in [0.1, 0.15) is 23.9 Å². The zero-order valence-corrected chi connectivity index (χ0v) is 29.0. The van der Waals surface area contributed by atoms with Crippen molar-refractivity contribution in [2.45, 2.75) is 75.6 Å². The summed E-state index contributed by atoms with van der Waals surface area (Å²) in [6, 6.07) is 30.3. The van der Waals surface area contributed by atoms with E-state index in [-0.39, 0.29) is 6.61 Å². The lowest BCUT2D eigenvalue weighted by Gasteiger charge is -2.57. The topological polar surface area (TPSA) is 94.2 Å². The van der Waals surface area contributed by atoms with Gasteiger partial charge in [-0.05, 0) is 30.5 Å². The van der Waals surface area contributed by atoms with Crippen LogP contribution in [0.3, 0.4) is 0 Å². The largest absolute Gasteiger partial charge is 0.358 e. The summed E-state index contributed by atoms with van der Waals surface area (Å²) in [5.41, 5.74) is 1.82. The number of rotatable bonds is 14. The number of fused-ring (bicyclic) bond motifs is 1. The Balaban J connectivity index is 1.57. The Morgan fingerprint density at radius 2 is 1.19 bits per heavy atom. The minimum atomic E-state index is -1.81. The van der Waals surface area contributed by atoms with Crippen LogP contribution in [0.15, 0.2) is 91.0 Å². The van der Waals surface area contributed by atoms with Crippen molar-refractivity contribution in [3.63, 3.8) is 0 Å². The zero-order chi connectivity index (χ0) is 33.7. The lowest BCUT2D eigenvalue weighted by atomic mass is 9.80. The Morgan fingerprint density at radius 3 is 1.60 bits per heavy atom. The summed E-state index contributed by atoms with van der Waals surface area (Å²) in [5, 5.41) is 0. The van der Waals surface area contributed by atoms with Crippen LogP contribution in [0.1, 0.15) is 44.4 Å². The van der Waals surface area contributed by atoms with E-state index in [4.69, 9.17) is 37.3 Å². The third kappa shape index (κ3) is 6.84. The van der Waals surface area contributed by atoms with E-state index >= 15 is 0 Å². The van der Waals surface area contributed by atoms with Crippen LogP contribution in [-0.4, -0.2) is 91.8 Å². The predicted octanol–water partition coefficient (Wildman–Crippen LogP) is 5.18. The lowest BCUT2D eigenvalue weighted by molar-refractivity contribution is -0.478. The highest BCUT2D eigenvalue weighted by atomic mass is 32.2. The summed E-state index contributed by atoms with van der Waals surface area (Å²) >= 11 is -1.81. The van der Waals surface area contributed by atoms with E-state index in [0.29, 0.717) is 13.1 Å². The van der Waals surface area contributed by atoms with Crippen LogP contribution >= 0.6 is 0 Å². The summed E-state index contributed by atoms with van der Waals surface area (Å²) in [7, 11) is 4.57. The van der Waals surface area contributed by atoms with Crippen LogP contribution in [-0.2, 0) is 54.2 Å². The van der Waals surface area contributed by atoms with Gasteiger partial charge >= 0.3 is 0 Å². The van der Waals surface area contributed by atoms with Gasteiger partial charge in [-0.1, -0.05) is 105 Å². The number of methoxy groups -OCH3 is 3. The first-order valence-electron chi connectivity index (χ1n) is 16.0. The Labute approximate surface area is 280 Å². The van der Waals surface area contributed by atoms with E-state index in [9.17, 15) is 4.21 Å². The number of hydrogen-bond acceptors (Lipinski definition) is 9. The van der Waals surface area contributed by atoms with Crippen molar-refractivity contribution in [2.75, 3.05) is 41.0 Å². The SMILES string of the molecule is CCN(CC)S(=O)O[C@H]1[C@@H](OC)O[C@H](COC(c2ccccc2)(c2ccccc2)c2ccccc2)[C@H]2O[C@](C)(OC)[C@@](C)(OC)O[C@H]12. The summed E-state index contributed by atoms with van der Waals surface area (Å²) in [4.78, 5) is 0. The van der Waals surface area contributed by atoms with E-state index in [1.807, 2.05) is 68.4 Å². The molecule has 8 atom stereocenters. The molecule has 2 aliphatic heterocycles. The van der Waals surface area contributed by atoms with Gasteiger partial charge in [-0.2, -0.15) is 0 Å². The molecular weight excluding hydrogens is 622 g/mol. The minimum absolute atomic E-state index is 0.0540. The molecule has 11 heteroatoms. The first-order valence-corrected chi connectivity index (χ1v) is 17.0. The summed E-state index contributed by atoms with van der Waals surface area (Å²) in [5.74, 6) is -2.70. The second-order valence-electron chi connectivity index (χ2n) is 11.7. The minimum Gasteiger partial charge on any atom is -0.358 e. The van der Waals surface area contributed by atoms with Gasteiger partial charge in [-0.3, -0.25) is 4.18 Å². The van der Waals surface area contributed by atoms with Gasteiger partial charge in [-0.15, -0.1) is 0 Å². The second-order valence-corrected chi connectivity index (χ2v) is 12.9. The zero-order valence-electron chi connectivity index (χ0n) is 28.2. The Hall–Kier alpha value is -2.55. The van der Waals surface area contributed by atoms with E-state index < -0.39 is 59.1 Å². The summed E-state index contributed by atoms with van der Waals surface area (Å²) in [6.07, 6.45) is -4.29. The van der Waals surface area contributed by atoms with Gasteiger partial charge in [0.2, 0.25) is 22.8 Å². The molecule has 256 valence electrons. The van der Waals surface area contributed by atoms with Crippen molar-refractivity contribution in [3.05, 3.63) is 108 Å². The molecule has 0 amide bonds. The van der Waals surface area contributed by atoms with Crippen LogP contribution in [0.4, 0.5) is 0 Å². The van der Waals surface area contributed by atoms with E-state index in [1.165, 1.54) is 21.3 Å². The van der Waals surface area contributed by atoms with E-state index in [0.717, 1.165) is 16.7 Å². The maximum absolute atomic E-state index is 13.4. The fraction of sp³-hybridized carbons (Fsp3) is 0.500. The molecule has 0 aromatic heterocycles.